The van der Waals surface area contributed by atoms with Gasteiger partial charge in [-0.2, -0.15) is 0 Å². The van der Waals surface area contributed by atoms with E-state index in [0.29, 0.717) is 11.0 Å². The highest BCUT2D eigenvalue weighted by Gasteiger charge is 2.16. The smallest absolute Gasteiger partial charge is 0.208 e. The SMILES string of the molecule is OC(CSc1n[nH]c(-c2cccs2)n1)c1cc(F)ccc1F. The molecule has 0 saturated heterocycles. The maximum absolute atomic E-state index is 13.6. The Labute approximate surface area is 133 Å². The summed E-state index contributed by atoms with van der Waals surface area (Å²) in [5.41, 5.74) is -0.0680. The summed E-state index contributed by atoms with van der Waals surface area (Å²) in [6.07, 6.45) is -1.13. The third-order valence-corrected chi connectivity index (χ3v) is 4.71. The molecule has 2 N–H and O–H groups in total. The van der Waals surface area contributed by atoms with E-state index in [4.69, 9.17) is 0 Å². The van der Waals surface area contributed by atoms with Crippen LogP contribution >= 0.6 is 23.1 Å². The van der Waals surface area contributed by atoms with E-state index in [2.05, 4.69) is 15.2 Å². The number of benzene rings is 1. The molecule has 2 heterocycles. The minimum Gasteiger partial charge on any atom is -0.387 e. The highest BCUT2D eigenvalue weighted by Crippen LogP contribution is 2.27. The van der Waals surface area contributed by atoms with E-state index < -0.39 is 17.7 Å². The summed E-state index contributed by atoms with van der Waals surface area (Å²) >= 11 is 2.70. The lowest BCUT2D eigenvalue weighted by molar-refractivity contribution is 0.198. The average molecular weight is 339 g/mol. The maximum Gasteiger partial charge on any atom is 0.208 e. The summed E-state index contributed by atoms with van der Waals surface area (Å²) in [5, 5.41) is 19.2. The molecule has 3 rings (SSSR count). The van der Waals surface area contributed by atoms with Gasteiger partial charge in [-0.15, -0.1) is 16.4 Å². The highest BCUT2D eigenvalue weighted by molar-refractivity contribution is 7.99. The van der Waals surface area contributed by atoms with E-state index >= 15 is 0 Å². The molecule has 0 fully saturated rings. The normalized spacial score (nSPS) is 12.5. The molecule has 0 aliphatic carbocycles. The molecule has 1 atom stereocenters. The van der Waals surface area contributed by atoms with Gasteiger partial charge in [0, 0.05) is 11.3 Å². The van der Waals surface area contributed by atoms with Crippen LogP contribution in [0.5, 0.6) is 0 Å². The van der Waals surface area contributed by atoms with Gasteiger partial charge in [0.1, 0.15) is 11.6 Å². The molecule has 2 aromatic heterocycles. The lowest BCUT2D eigenvalue weighted by Crippen LogP contribution is -2.04. The van der Waals surface area contributed by atoms with Crippen molar-refractivity contribution in [1.82, 2.24) is 15.2 Å². The van der Waals surface area contributed by atoms with Crippen molar-refractivity contribution in [3.8, 4) is 10.7 Å². The number of thioether (sulfide) groups is 1. The lowest BCUT2D eigenvalue weighted by Gasteiger charge is -2.10. The number of nitrogens with one attached hydrogen (secondary N) is 1. The van der Waals surface area contributed by atoms with Gasteiger partial charge in [-0.1, -0.05) is 17.8 Å². The molecule has 8 heteroatoms. The van der Waals surface area contributed by atoms with Crippen molar-refractivity contribution in [2.24, 2.45) is 0 Å². The number of aromatic amines is 1. The summed E-state index contributed by atoms with van der Waals surface area (Å²) < 4.78 is 26.7. The van der Waals surface area contributed by atoms with E-state index in [1.807, 2.05) is 17.5 Å². The van der Waals surface area contributed by atoms with Crippen LogP contribution in [0.4, 0.5) is 8.78 Å². The van der Waals surface area contributed by atoms with Crippen molar-refractivity contribution < 1.29 is 13.9 Å². The molecular weight excluding hydrogens is 328 g/mol. The van der Waals surface area contributed by atoms with Crippen molar-refractivity contribution in [2.75, 3.05) is 5.75 Å². The second-order valence-corrected chi connectivity index (χ2v) is 6.37. The van der Waals surface area contributed by atoms with E-state index in [1.165, 1.54) is 23.1 Å². The number of halogens is 2. The Morgan fingerprint density at radius 3 is 2.95 bits per heavy atom. The van der Waals surface area contributed by atoms with Crippen molar-refractivity contribution >= 4 is 23.1 Å². The molecule has 0 radical (unpaired) electrons. The van der Waals surface area contributed by atoms with Crippen LogP contribution in [0.2, 0.25) is 0 Å². The van der Waals surface area contributed by atoms with E-state index in [9.17, 15) is 13.9 Å². The van der Waals surface area contributed by atoms with Gasteiger partial charge in [0.05, 0.1) is 11.0 Å². The van der Waals surface area contributed by atoms with E-state index in [1.54, 1.807) is 0 Å². The van der Waals surface area contributed by atoms with Crippen LogP contribution in [0.1, 0.15) is 11.7 Å². The van der Waals surface area contributed by atoms with Crippen LogP contribution in [-0.4, -0.2) is 26.0 Å². The summed E-state index contributed by atoms with van der Waals surface area (Å²) in [7, 11) is 0. The van der Waals surface area contributed by atoms with Gasteiger partial charge in [-0.3, -0.25) is 5.10 Å². The molecule has 22 heavy (non-hydrogen) atoms. The fraction of sp³-hybridized carbons (Fsp3) is 0.143. The van der Waals surface area contributed by atoms with E-state index in [-0.39, 0.29) is 11.3 Å². The van der Waals surface area contributed by atoms with Crippen LogP contribution in [-0.2, 0) is 0 Å². The Morgan fingerprint density at radius 2 is 2.18 bits per heavy atom. The maximum atomic E-state index is 13.6. The first-order chi connectivity index (χ1) is 10.6. The minimum atomic E-state index is -1.13. The quantitative estimate of drug-likeness (QED) is 0.697. The largest absolute Gasteiger partial charge is 0.387 e. The standard InChI is InChI=1S/C14H11F2N3OS2/c15-8-3-4-10(16)9(6-8)11(20)7-22-14-17-13(18-19-14)12-2-1-5-21-12/h1-6,11,20H,7H2,(H,17,18,19). The molecule has 0 bridgehead atoms. The monoisotopic (exact) mass is 339 g/mol. The summed E-state index contributed by atoms with van der Waals surface area (Å²) in [6, 6.07) is 6.83. The highest BCUT2D eigenvalue weighted by atomic mass is 32.2. The molecule has 0 spiro atoms. The third-order valence-electron chi connectivity index (χ3n) is 2.91. The number of H-pyrrole nitrogens is 1. The summed E-state index contributed by atoms with van der Waals surface area (Å²) in [5.74, 6) is -0.451. The van der Waals surface area contributed by atoms with Crippen LogP contribution in [0.25, 0.3) is 10.7 Å². The lowest BCUT2D eigenvalue weighted by atomic mass is 10.1. The number of rotatable bonds is 5. The molecule has 0 saturated carbocycles. The summed E-state index contributed by atoms with van der Waals surface area (Å²) in [4.78, 5) is 5.24. The molecule has 1 aromatic carbocycles. The molecular formula is C14H11F2N3OS2. The number of hydrogen-bond acceptors (Lipinski definition) is 5. The number of thiophene rings is 1. The molecule has 4 nitrogen and oxygen atoms in total. The first-order valence-electron chi connectivity index (χ1n) is 6.35. The molecule has 0 aliphatic rings. The summed E-state index contributed by atoms with van der Waals surface area (Å²) in [6.45, 7) is 0. The average Bonchev–Trinajstić information content (AvgIpc) is 3.17. The van der Waals surface area contributed by atoms with Gasteiger partial charge in [-0.25, -0.2) is 13.8 Å². The van der Waals surface area contributed by atoms with Gasteiger partial charge < -0.3 is 5.11 Å². The molecule has 0 amide bonds. The van der Waals surface area contributed by atoms with E-state index in [0.717, 1.165) is 23.1 Å². The Hall–Kier alpha value is -1.77. The van der Waals surface area contributed by atoms with Crippen LogP contribution in [0.3, 0.4) is 0 Å². The Kier molecular flexibility index (Phi) is 4.51. The van der Waals surface area contributed by atoms with Crippen molar-refractivity contribution in [2.45, 2.75) is 11.3 Å². The number of aliphatic hydroxyl groups excluding tert-OH is 1. The third kappa shape index (κ3) is 3.34. The fourth-order valence-corrected chi connectivity index (χ4v) is 3.26. The topological polar surface area (TPSA) is 61.8 Å². The minimum absolute atomic E-state index is 0.0680. The molecule has 0 aliphatic heterocycles. The predicted molar refractivity (Wildman–Crippen MR) is 81.7 cm³/mol. The van der Waals surface area contributed by atoms with Gasteiger partial charge in [-0.05, 0) is 29.6 Å². The van der Waals surface area contributed by atoms with Crippen LogP contribution in [0, 0.1) is 11.6 Å². The van der Waals surface area contributed by atoms with Gasteiger partial charge >= 0.3 is 0 Å². The van der Waals surface area contributed by atoms with Crippen molar-refractivity contribution in [3.05, 3.63) is 52.9 Å². The molecule has 3 aromatic rings. The number of aromatic nitrogens is 3. The van der Waals surface area contributed by atoms with Crippen molar-refractivity contribution in [3.63, 3.8) is 0 Å². The van der Waals surface area contributed by atoms with Crippen LogP contribution < -0.4 is 0 Å². The molecule has 114 valence electrons. The zero-order chi connectivity index (χ0) is 15.5. The van der Waals surface area contributed by atoms with Gasteiger partial charge in [0.15, 0.2) is 5.82 Å². The predicted octanol–water partition coefficient (Wildman–Crippen LogP) is 3.64. The Balaban J connectivity index is 1.66. The second-order valence-electron chi connectivity index (χ2n) is 4.44. The van der Waals surface area contributed by atoms with Crippen molar-refractivity contribution in [1.29, 1.82) is 0 Å². The first kappa shape index (κ1) is 15.1. The zero-order valence-corrected chi connectivity index (χ0v) is 12.8. The van der Waals surface area contributed by atoms with Gasteiger partial charge in [0.2, 0.25) is 5.16 Å². The van der Waals surface area contributed by atoms with Gasteiger partial charge in [0.25, 0.3) is 0 Å². The van der Waals surface area contributed by atoms with Crippen LogP contribution in [0.15, 0.2) is 40.9 Å². The number of hydrogen-bond donors (Lipinski definition) is 2. The first-order valence-corrected chi connectivity index (χ1v) is 8.22. The fourth-order valence-electron chi connectivity index (χ4n) is 1.85. The Morgan fingerprint density at radius 1 is 1.32 bits per heavy atom. The number of nitrogens with zero attached hydrogens (tertiary/aromatic N) is 2. The zero-order valence-electron chi connectivity index (χ0n) is 11.2. The Bertz CT molecular complexity index is 761. The molecule has 1 unspecified atom stereocenters. The second kappa shape index (κ2) is 6.55. The number of aliphatic hydroxyl groups is 1.